The Morgan fingerprint density at radius 3 is 2.27 bits per heavy atom. The zero-order chi connectivity index (χ0) is 21.4. The SMILES string of the molecule is CCC1(CC)O[C@H]2O[C@H]([C@H]3COC(CC)(CC)O3)[C@H](OCc3ccccc3F)[C@H]2O1. The molecule has 0 amide bonds. The van der Waals surface area contributed by atoms with Crippen LogP contribution in [0.3, 0.4) is 0 Å². The summed E-state index contributed by atoms with van der Waals surface area (Å²) in [6.07, 6.45) is 0.817. The maximum atomic E-state index is 14.1. The Morgan fingerprint density at radius 2 is 1.63 bits per heavy atom. The lowest BCUT2D eigenvalue weighted by molar-refractivity contribution is -0.255. The first-order valence-electron chi connectivity index (χ1n) is 11.2. The molecule has 1 aromatic carbocycles. The molecular weight excluding hydrogens is 391 g/mol. The lowest BCUT2D eigenvalue weighted by Gasteiger charge is -2.32. The number of benzene rings is 1. The zero-order valence-electron chi connectivity index (χ0n) is 18.3. The number of fused-ring (bicyclic) bond motifs is 1. The van der Waals surface area contributed by atoms with Gasteiger partial charge in [0.25, 0.3) is 0 Å². The van der Waals surface area contributed by atoms with Crippen molar-refractivity contribution in [3.8, 4) is 0 Å². The summed E-state index contributed by atoms with van der Waals surface area (Å²) in [5.74, 6) is -1.56. The quantitative estimate of drug-likeness (QED) is 0.620. The summed E-state index contributed by atoms with van der Waals surface area (Å²) in [5, 5.41) is 0. The molecule has 168 valence electrons. The summed E-state index contributed by atoms with van der Waals surface area (Å²) in [5.41, 5.74) is 0.496. The lowest BCUT2D eigenvalue weighted by Crippen LogP contribution is -2.45. The maximum Gasteiger partial charge on any atom is 0.190 e. The molecule has 0 unspecified atom stereocenters. The van der Waals surface area contributed by atoms with Crippen molar-refractivity contribution in [3.63, 3.8) is 0 Å². The van der Waals surface area contributed by atoms with Crippen LogP contribution in [-0.4, -0.2) is 48.9 Å². The van der Waals surface area contributed by atoms with Crippen LogP contribution in [0.15, 0.2) is 24.3 Å². The highest BCUT2D eigenvalue weighted by atomic mass is 19.1. The fourth-order valence-electron chi connectivity index (χ4n) is 4.59. The molecule has 0 spiro atoms. The van der Waals surface area contributed by atoms with Gasteiger partial charge in [-0.05, 0) is 31.7 Å². The first-order chi connectivity index (χ1) is 14.5. The van der Waals surface area contributed by atoms with Crippen molar-refractivity contribution >= 4 is 0 Å². The number of hydrogen-bond acceptors (Lipinski definition) is 6. The molecule has 4 rings (SSSR count). The van der Waals surface area contributed by atoms with Gasteiger partial charge in [0.1, 0.15) is 30.2 Å². The van der Waals surface area contributed by atoms with Crippen LogP contribution >= 0.6 is 0 Å². The Balaban J connectivity index is 1.53. The van der Waals surface area contributed by atoms with Gasteiger partial charge in [-0.25, -0.2) is 4.39 Å². The highest BCUT2D eigenvalue weighted by molar-refractivity contribution is 5.16. The molecule has 3 saturated heterocycles. The molecule has 3 aliphatic rings. The van der Waals surface area contributed by atoms with E-state index in [9.17, 15) is 4.39 Å². The summed E-state index contributed by atoms with van der Waals surface area (Å²) in [7, 11) is 0. The molecule has 0 aliphatic carbocycles. The van der Waals surface area contributed by atoms with E-state index in [1.807, 2.05) is 27.7 Å². The van der Waals surface area contributed by atoms with E-state index in [2.05, 4.69) is 0 Å². The second kappa shape index (κ2) is 8.81. The minimum atomic E-state index is -0.677. The molecule has 3 fully saturated rings. The van der Waals surface area contributed by atoms with E-state index in [0.29, 0.717) is 25.0 Å². The average molecular weight is 425 g/mol. The Labute approximate surface area is 177 Å². The van der Waals surface area contributed by atoms with E-state index in [-0.39, 0.29) is 18.5 Å². The van der Waals surface area contributed by atoms with Crippen LogP contribution < -0.4 is 0 Å². The van der Waals surface area contributed by atoms with Crippen LogP contribution in [-0.2, 0) is 35.0 Å². The van der Waals surface area contributed by atoms with Crippen LogP contribution in [0.2, 0.25) is 0 Å². The molecule has 30 heavy (non-hydrogen) atoms. The van der Waals surface area contributed by atoms with Crippen LogP contribution in [0.5, 0.6) is 0 Å². The van der Waals surface area contributed by atoms with Gasteiger partial charge in [0.05, 0.1) is 13.2 Å². The van der Waals surface area contributed by atoms with Crippen molar-refractivity contribution in [1.29, 1.82) is 0 Å². The Bertz CT molecular complexity index is 719. The standard InChI is InChI=1S/C23H33FO6/c1-5-22(6-2)26-14-17(28-22)18-19(25-13-15-11-9-10-12-16(15)24)20-21(27-18)30-23(7-3,8-4)29-20/h9-12,17-21H,5-8,13-14H2,1-4H3/t17-,18-,19+,20-,21-/m1/s1. The smallest absolute Gasteiger partial charge is 0.190 e. The van der Waals surface area contributed by atoms with Crippen molar-refractivity contribution in [2.45, 2.75) is 102 Å². The lowest BCUT2D eigenvalue weighted by atomic mass is 10.1. The van der Waals surface area contributed by atoms with Gasteiger partial charge in [0.2, 0.25) is 0 Å². The van der Waals surface area contributed by atoms with Crippen molar-refractivity contribution < 1.29 is 32.8 Å². The van der Waals surface area contributed by atoms with E-state index >= 15 is 0 Å². The first kappa shape index (κ1) is 22.1. The molecular formula is C23H33FO6. The molecule has 0 aromatic heterocycles. The summed E-state index contributed by atoms with van der Waals surface area (Å²) >= 11 is 0. The fourth-order valence-corrected chi connectivity index (χ4v) is 4.59. The van der Waals surface area contributed by atoms with Gasteiger partial charge in [0, 0.05) is 5.56 Å². The van der Waals surface area contributed by atoms with Crippen molar-refractivity contribution in [2.75, 3.05) is 6.61 Å². The van der Waals surface area contributed by atoms with Gasteiger partial charge in [-0.2, -0.15) is 0 Å². The van der Waals surface area contributed by atoms with E-state index in [0.717, 1.165) is 12.8 Å². The number of ether oxygens (including phenoxy) is 6. The largest absolute Gasteiger partial charge is 0.368 e. The Hall–Kier alpha value is -1.09. The molecule has 3 aliphatic heterocycles. The molecule has 0 radical (unpaired) electrons. The van der Waals surface area contributed by atoms with E-state index in [1.54, 1.807) is 18.2 Å². The second-order valence-electron chi connectivity index (χ2n) is 8.24. The highest BCUT2D eigenvalue weighted by Crippen LogP contribution is 2.45. The van der Waals surface area contributed by atoms with Crippen LogP contribution in [0.1, 0.15) is 58.9 Å². The normalized spacial score (nSPS) is 34.4. The minimum absolute atomic E-state index is 0.120. The highest BCUT2D eigenvalue weighted by Gasteiger charge is 2.60. The van der Waals surface area contributed by atoms with Gasteiger partial charge in [-0.1, -0.05) is 45.9 Å². The third-order valence-electron chi connectivity index (χ3n) is 6.68. The average Bonchev–Trinajstić information content (AvgIpc) is 3.45. The molecule has 0 bridgehead atoms. The monoisotopic (exact) mass is 424 g/mol. The molecule has 7 heteroatoms. The summed E-state index contributed by atoms with van der Waals surface area (Å²) < 4.78 is 51.4. The van der Waals surface area contributed by atoms with E-state index < -0.39 is 36.2 Å². The first-order valence-corrected chi connectivity index (χ1v) is 11.2. The minimum Gasteiger partial charge on any atom is -0.368 e. The van der Waals surface area contributed by atoms with Gasteiger partial charge in [-0.3, -0.25) is 0 Å². The molecule has 6 nitrogen and oxygen atoms in total. The van der Waals surface area contributed by atoms with Crippen molar-refractivity contribution in [3.05, 3.63) is 35.6 Å². The fraction of sp³-hybridized carbons (Fsp3) is 0.739. The topological polar surface area (TPSA) is 55.4 Å². The molecule has 0 N–H and O–H groups in total. The number of hydrogen-bond donors (Lipinski definition) is 0. The van der Waals surface area contributed by atoms with Crippen molar-refractivity contribution in [2.24, 2.45) is 0 Å². The number of rotatable bonds is 8. The predicted octanol–water partition coefficient (Wildman–Crippen LogP) is 4.30. The predicted molar refractivity (Wildman–Crippen MR) is 107 cm³/mol. The third kappa shape index (κ3) is 3.92. The maximum absolute atomic E-state index is 14.1. The van der Waals surface area contributed by atoms with Crippen LogP contribution in [0, 0.1) is 5.82 Å². The Morgan fingerprint density at radius 1 is 0.933 bits per heavy atom. The van der Waals surface area contributed by atoms with Crippen LogP contribution in [0.25, 0.3) is 0 Å². The molecule has 3 heterocycles. The van der Waals surface area contributed by atoms with E-state index in [1.165, 1.54) is 6.07 Å². The molecule has 0 saturated carbocycles. The molecule has 5 atom stereocenters. The summed E-state index contributed by atoms with van der Waals surface area (Å²) in [4.78, 5) is 0. The molecule has 1 aromatic rings. The van der Waals surface area contributed by atoms with Gasteiger partial charge in [0.15, 0.2) is 17.9 Å². The van der Waals surface area contributed by atoms with Crippen LogP contribution in [0.4, 0.5) is 4.39 Å². The summed E-state index contributed by atoms with van der Waals surface area (Å²) in [6, 6.07) is 6.62. The van der Waals surface area contributed by atoms with Gasteiger partial charge >= 0.3 is 0 Å². The third-order valence-corrected chi connectivity index (χ3v) is 6.68. The zero-order valence-corrected chi connectivity index (χ0v) is 18.3. The van der Waals surface area contributed by atoms with E-state index in [4.69, 9.17) is 28.4 Å². The number of halogens is 1. The second-order valence-corrected chi connectivity index (χ2v) is 8.24. The van der Waals surface area contributed by atoms with Gasteiger partial charge < -0.3 is 28.4 Å². The van der Waals surface area contributed by atoms with Gasteiger partial charge in [-0.15, -0.1) is 0 Å². The van der Waals surface area contributed by atoms with Crippen molar-refractivity contribution in [1.82, 2.24) is 0 Å². The Kier molecular flexibility index (Phi) is 6.49. The summed E-state index contributed by atoms with van der Waals surface area (Å²) in [6.45, 7) is 8.69.